The summed E-state index contributed by atoms with van der Waals surface area (Å²) >= 11 is 0. The molecule has 0 spiro atoms. The van der Waals surface area contributed by atoms with Crippen molar-refractivity contribution in [3.05, 3.63) is 83.3 Å². The van der Waals surface area contributed by atoms with Gasteiger partial charge in [-0.25, -0.2) is 0 Å². The van der Waals surface area contributed by atoms with Crippen LogP contribution in [0.25, 0.3) is 5.76 Å². The van der Waals surface area contributed by atoms with Crippen molar-refractivity contribution in [3.63, 3.8) is 0 Å². The largest absolute Gasteiger partial charge is 0.507 e. The van der Waals surface area contributed by atoms with Crippen LogP contribution in [0.15, 0.2) is 70.9 Å². The van der Waals surface area contributed by atoms with E-state index >= 15 is 0 Å². The molecule has 34 heavy (non-hydrogen) atoms. The second kappa shape index (κ2) is 9.74. The van der Waals surface area contributed by atoms with Crippen molar-refractivity contribution >= 4 is 17.4 Å². The number of methoxy groups -OCH3 is 1. The van der Waals surface area contributed by atoms with E-state index in [0.29, 0.717) is 29.2 Å². The van der Waals surface area contributed by atoms with E-state index in [1.165, 1.54) is 30.4 Å². The molecule has 0 radical (unpaired) electrons. The minimum atomic E-state index is -0.931. The molecule has 1 saturated heterocycles. The van der Waals surface area contributed by atoms with Gasteiger partial charge in [0.2, 0.25) is 0 Å². The molecule has 1 amide bonds. The number of carbonyl (C=O) groups excluding carboxylic acids is 2. The second-order valence-electron chi connectivity index (χ2n) is 7.81. The Bertz CT molecular complexity index is 1230. The van der Waals surface area contributed by atoms with Crippen LogP contribution < -0.4 is 9.47 Å². The number of likely N-dealkylation sites (tertiary alicyclic amines) is 1. The number of nitrogens with zero attached hydrogens (tertiary/aromatic N) is 1. The first-order valence-corrected chi connectivity index (χ1v) is 10.9. The average molecular weight is 463 g/mol. The third-order valence-electron chi connectivity index (χ3n) is 5.55. The molecule has 2 aromatic carbocycles. The molecule has 8 nitrogen and oxygen atoms in total. The molecule has 0 aliphatic carbocycles. The molecule has 1 aliphatic heterocycles. The number of phenolic OH excluding ortho intramolecular Hbond substituents is 1. The van der Waals surface area contributed by atoms with Gasteiger partial charge in [0.05, 0.1) is 38.1 Å². The lowest BCUT2D eigenvalue weighted by Crippen LogP contribution is -2.29. The molecular formula is C26H25NO7. The maximum Gasteiger partial charge on any atom is 0.296 e. The Morgan fingerprint density at radius 1 is 1.12 bits per heavy atom. The number of hydrogen-bond acceptors (Lipinski definition) is 7. The predicted molar refractivity (Wildman–Crippen MR) is 123 cm³/mol. The Morgan fingerprint density at radius 2 is 1.94 bits per heavy atom. The lowest BCUT2D eigenvalue weighted by atomic mass is 9.95. The van der Waals surface area contributed by atoms with Crippen molar-refractivity contribution in [3.8, 4) is 17.2 Å². The lowest BCUT2D eigenvalue weighted by molar-refractivity contribution is -0.140. The summed E-state index contributed by atoms with van der Waals surface area (Å²) in [5, 5.41) is 21.3. The van der Waals surface area contributed by atoms with Crippen molar-refractivity contribution in [2.75, 3.05) is 13.7 Å². The van der Waals surface area contributed by atoms with Crippen LogP contribution in [0, 0.1) is 0 Å². The van der Waals surface area contributed by atoms with Gasteiger partial charge >= 0.3 is 0 Å². The molecule has 1 atom stereocenters. The van der Waals surface area contributed by atoms with Crippen LogP contribution in [0.4, 0.5) is 0 Å². The number of carbonyl (C=O) groups is 2. The third-order valence-corrected chi connectivity index (χ3v) is 5.55. The smallest absolute Gasteiger partial charge is 0.296 e. The molecule has 4 rings (SSSR count). The minimum Gasteiger partial charge on any atom is -0.507 e. The van der Waals surface area contributed by atoms with Crippen LogP contribution in [-0.2, 0) is 16.1 Å². The topological polar surface area (TPSA) is 109 Å². The highest BCUT2D eigenvalue weighted by Crippen LogP contribution is 2.42. The molecule has 2 N–H and O–H groups in total. The highest BCUT2D eigenvalue weighted by Gasteiger charge is 2.46. The molecule has 8 heteroatoms. The van der Waals surface area contributed by atoms with Gasteiger partial charge in [-0.05, 0) is 48.4 Å². The number of ether oxygens (including phenoxy) is 2. The second-order valence-corrected chi connectivity index (χ2v) is 7.81. The number of phenols is 1. The zero-order chi connectivity index (χ0) is 24.2. The number of aromatic hydroxyl groups is 1. The number of ketones is 1. The molecule has 2 heterocycles. The zero-order valence-electron chi connectivity index (χ0n) is 18.9. The van der Waals surface area contributed by atoms with Gasteiger partial charge in [-0.1, -0.05) is 25.1 Å². The van der Waals surface area contributed by atoms with Crippen LogP contribution in [-0.4, -0.2) is 40.5 Å². The predicted octanol–water partition coefficient (Wildman–Crippen LogP) is 4.40. The number of benzene rings is 2. The van der Waals surface area contributed by atoms with E-state index in [0.717, 1.165) is 6.42 Å². The summed E-state index contributed by atoms with van der Waals surface area (Å²) in [6.45, 7) is 2.50. The van der Waals surface area contributed by atoms with Gasteiger partial charge < -0.3 is 29.0 Å². The number of furan rings is 1. The number of hydrogen-bond donors (Lipinski definition) is 2. The van der Waals surface area contributed by atoms with Gasteiger partial charge in [-0.2, -0.15) is 0 Å². The first-order valence-electron chi connectivity index (χ1n) is 10.9. The first-order chi connectivity index (χ1) is 16.4. The Kier molecular flexibility index (Phi) is 6.58. The van der Waals surface area contributed by atoms with Gasteiger partial charge in [0.25, 0.3) is 11.7 Å². The summed E-state index contributed by atoms with van der Waals surface area (Å²) in [5.41, 5.74) is 0.762. The molecule has 1 unspecified atom stereocenters. The molecule has 1 fully saturated rings. The van der Waals surface area contributed by atoms with Crippen molar-refractivity contribution in [1.82, 2.24) is 4.90 Å². The van der Waals surface area contributed by atoms with Crippen molar-refractivity contribution < 1.29 is 33.7 Å². The molecule has 3 aromatic rings. The fourth-order valence-electron chi connectivity index (χ4n) is 3.93. The molecule has 176 valence electrons. The van der Waals surface area contributed by atoms with Crippen LogP contribution in [0.2, 0.25) is 0 Å². The normalized spacial score (nSPS) is 17.2. The van der Waals surface area contributed by atoms with E-state index in [-0.39, 0.29) is 29.4 Å². The van der Waals surface area contributed by atoms with Gasteiger partial charge in [0, 0.05) is 5.56 Å². The number of Topliss-reactive ketones (excluding diaryl/α,β-unsaturated/α-hetero) is 1. The van der Waals surface area contributed by atoms with E-state index in [1.807, 2.05) is 6.92 Å². The maximum absolute atomic E-state index is 13.2. The number of amides is 1. The van der Waals surface area contributed by atoms with E-state index in [1.54, 1.807) is 42.5 Å². The van der Waals surface area contributed by atoms with E-state index in [2.05, 4.69) is 0 Å². The number of aliphatic hydroxyl groups is 1. The molecular weight excluding hydrogens is 438 g/mol. The highest BCUT2D eigenvalue weighted by atomic mass is 16.5. The monoisotopic (exact) mass is 463 g/mol. The van der Waals surface area contributed by atoms with Crippen molar-refractivity contribution in [2.24, 2.45) is 0 Å². The summed E-state index contributed by atoms with van der Waals surface area (Å²) in [6, 6.07) is 13.7. The van der Waals surface area contributed by atoms with Gasteiger partial charge in [-0.15, -0.1) is 0 Å². The van der Waals surface area contributed by atoms with E-state index in [4.69, 9.17) is 13.9 Å². The van der Waals surface area contributed by atoms with Crippen molar-refractivity contribution in [2.45, 2.75) is 25.9 Å². The molecule has 1 aromatic heterocycles. The minimum absolute atomic E-state index is 0.0157. The third kappa shape index (κ3) is 4.34. The Labute approximate surface area is 196 Å². The average Bonchev–Trinajstić information content (AvgIpc) is 3.45. The van der Waals surface area contributed by atoms with Crippen LogP contribution in [0.1, 0.15) is 36.3 Å². The molecule has 1 aliphatic rings. The lowest BCUT2D eigenvalue weighted by Gasteiger charge is -2.25. The van der Waals surface area contributed by atoms with Gasteiger partial charge in [-0.3, -0.25) is 9.59 Å². The summed E-state index contributed by atoms with van der Waals surface area (Å²) in [6.07, 6.45) is 2.29. The van der Waals surface area contributed by atoms with Gasteiger partial charge in [0.15, 0.2) is 11.5 Å². The Balaban J connectivity index is 1.85. The molecule has 0 bridgehead atoms. The van der Waals surface area contributed by atoms with Crippen LogP contribution in [0.3, 0.4) is 0 Å². The van der Waals surface area contributed by atoms with Crippen LogP contribution >= 0.6 is 0 Å². The first kappa shape index (κ1) is 23.0. The summed E-state index contributed by atoms with van der Waals surface area (Å²) < 4.78 is 16.3. The Morgan fingerprint density at radius 3 is 2.65 bits per heavy atom. The summed E-state index contributed by atoms with van der Waals surface area (Å²) in [5.74, 6) is -0.800. The number of aliphatic hydroxyl groups excluding tert-OH is 1. The van der Waals surface area contributed by atoms with Crippen LogP contribution in [0.5, 0.6) is 17.2 Å². The molecule has 0 saturated carbocycles. The van der Waals surface area contributed by atoms with Gasteiger partial charge in [0.1, 0.15) is 17.3 Å². The van der Waals surface area contributed by atoms with E-state index < -0.39 is 17.7 Å². The highest BCUT2D eigenvalue weighted by molar-refractivity contribution is 6.46. The van der Waals surface area contributed by atoms with Crippen molar-refractivity contribution in [1.29, 1.82) is 0 Å². The number of rotatable bonds is 8. The zero-order valence-corrected chi connectivity index (χ0v) is 18.9. The fourth-order valence-corrected chi connectivity index (χ4v) is 3.93. The quantitative estimate of drug-likeness (QED) is 0.289. The maximum atomic E-state index is 13.2. The summed E-state index contributed by atoms with van der Waals surface area (Å²) in [7, 11) is 1.40. The van der Waals surface area contributed by atoms with E-state index in [9.17, 15) is 19.8 Å². The Hall–Kier alpha value is -4.20. The standard InChI is InChI=1S/C26H25NO7/c1-3-11-33-18-7-4-6-17(13-18)24(29)22-23(16-9-10-20(28)21(14-16)32-2)27(26(31)25(22)30)15-19-8-5-12-34-19/h4-10,12-14,23,28-29H,3,11,15H2,1-2H3/b24-22+. The summed E-state index contributed by atoms with van der Waals surface area (Å²) in [4.78, 5) is 27.6. The SMILES string of the molecule is CCCOc1cccc(/C(O)=C2\C(=O)C(=O)N(Cc3ccco3)C2c2ccc(O)c(OC)c2)c1. The fraction of sp³-hybridized carbons (Fsp3) is 0.231.